The molecule has 0 spiro atoms. The van der Waals surface area contributed by atoms with E-state index in [0.717, 1.165) is 0 Å². The zero-order chi connectivity index (χ0) is 16.0. The summed E-state index contributed by atoms with van der Waals surface area (Å²) >= 11 is 11.4. The van der Waals surface area contributed by atoms with Crippen LogP contribution in [0.1, 0.15) is 0 Å². The number of carbonyl (C=O) groups is 2. The van der Waals surface area contributed by atoms with Crippen molar-refractivity contribution in [3.8, 4) is 0 Å². The van der Waals surface area contributed by atoms with Crippen molar-refractivity contribution in [3.05, 3.63) is 18.4 Å². The lowest BCUT2D eigenvalue weighted by Crippen LogP contribution is -2.48. The molecule has 0 saturated heterocycles. The highest BCUT2D eigenvalue weighted by atomic mass is 79.9. The molecule has 0 heterocycles. The summed E-state index contributed by atoms with van der Waals surface area (Å²) in [4.78, 5) is 21.8. The van der Waals surface area contributed by atoms with Crippen molar-refractivity contribution >= 4 is 85.8 Å². The Hall–Kier alpha value is 0.250. The quantitative estimate of drug-likeness (QED) is 0.355. The van der Waals surface area contributed by atoms with Crippen LogP contribution in [0, 0.1) is 5.92 Å². The smallest absolute Gasteiger partial charge is 0.326 e. The summed E-state index contributed by atoms with van der Waals surface area (Å²) in [5.74, 6) is -5.47. The van der Waals surface area contributed by atoms with Gasteiger partial charge in [0.25, 0.3) is 10.1 Å². The Kier molecular flexibility index (Phi) is 5.31. The Morgan fingerprint density at radius 2 is 1.55 bits per heavy atom. The van der Waals surface area contributed by atoms with Crippen LogP contribution in [-0.4, -0.2) is 39.4 Å². The zero-order valence-corrected chi connectivity index (χ0v) is 16.1. The van der Waals surface area contributed by atoms with Crippen LogP contribution in [0.4, 0.5) is 0 Å². The normalized spacial score (nSPS) is 27.8. The average Bonchev–Trinajstić information content (AvgIpc) is 2.28. The van der Waals surface area contributed by atoms with Crippen molar-refractivity contribution in [3.63, 3.8) is 0 Å². The number of allylic oxidation sites excluding steroid dienone is 2. The molecule has 0 aromatic heterocycles. The fourth-order valence-electron chi connectivity index (χ4n) is 1.56. The Bertz CT molecular complexity index is 664. The summed E-state index contributed by atoms with van der Waals surface area (Å²) in [6.07, 6.45) is 0. The second-order valence-electron chi connectivity index (χ2n) is 3.57. The summed E-state index contributed by atoms with van der Waals surface area (Å²) < 4.78 is 29.2. The van der Waals surface area contributed by atoms with Crippen molar-refractivity contribution in [1.29, 1.82) is 0 Å². The van der Waals surface area contributed by atoms with Crippen molar-refractivity contribution in [1.82, 2.24) is 0 Å². The molecule has 0 aromatic carbocycles. The summed E-state index contributed by atoms with van der Waals surface area (Å²) in [5, 5.41) is 18.5. The maximum Gasteiger partial charge on any atom is 0.326 e. The van der Waals surface area contributed by atoms with Gasteiger partial charge in [-0.2, -0.15) is 8.42 Å². The fourth-order valence-corrected chi connectivity index (χ4v) is 6.07. The van der Waals surface area contributed by atoms with Crippen LogP contribution >= 0.6 is 63.7 Å². The maximum atomic E-state index is 11.4. The first-order valence-corrected chi connectivity index (χ1v) is 9.06. The van der Waals surface area contributed by atoms with Crippen LogP contribution in [0.25, 0.3) is 0 Å². The highest BCUT2D eigenvalue weighted by molar-refractivity contribution is 9.17. The largest absolute Gasteiger partial charge is 0.481 e. The van der Waals surface area contributed by atoms with Crippen LogP contribution < -0.4 is 0 Å². The zero-order valence-electron chi connectivity index (χ0n) is 8.97. The Labute approximate surface area is 146 Å². The predicted octanol–water partition coefficient (Wildman–Crippen LogP) is 2.41. The third kappa shape index (κ3) is 2.77. The van der Waals surface area contributed by atoms with Gasteiger partial charge < -0.3 is 10.2 Å². The first-order chi connectivity index (χ1) is 8.86. The lowest BCUT2D eigenvalue weighted by atomic mass is 9.87. The first kappa shape index (κ1) is 18.3. The van der Waals surface area contributed by atoms with E-state index < -0.39 is 37.2 Å². The minimum atomic E-state index is -4.96. The molecule has 0 bridgehead atoms. The van der Waals surface area contributed by atoms with Crippen LogP contribution in [-0.2, 0) is 19.7 Å². The highest BCUT2D eigenvalue weighted by Gasteiger charge is 2.58. The van der Waals surface area contributed by atoms with Crippen LogP contribution in [0.15, 0.2) is 18.4 Å². The minimum absolute atomic E-state index is 0.0538. The van der Waals surface area contributed by atoms with Gasteiger partial charge in [0, 0.05) is 8.96 Å². The van der Waals surface area contributed by atoms with Crippen LogP contribution in [0.3, 0.4) is 0 Å². The second kappa shape index (κ2) is 5.80. The number of hydrogen-bond donors (Lipinski definition) is 3. The van der Waals surface area contributed by atoms with E-state index in [4.69, 9.17) is 0 Å². The molecule has 20 heavy (non-hydrogen) atoms. The third-order valence-corrected chi connectivity index (χ3v) is 9.10. The van der Waals surface area contributed by atoms with Crippen LogP contribution in [0.5, 0.6) is 0 Å². The molecule has 1 rings (SSSR count). The molecule has 12 heteroatoms. The molecule has 112 valence electrons. The molecule has 0 amide bonds. The van der Waals surface area contributed by atoms with Crippen molar-refractivity contribution in [2.45, 2.75) is 4.32 Å². The summed E-state index contributed by atoms with van der Waals surface area (Å²) in [6, 6.07) is 0. The van der Waals surface area contributed by atoms with E-state index in [2.05, 4.69) is 63.7 Å². The number of aliphatic carboxylic acids is 2. The lowest BCUT2D eigenvalue weighted by Gasteiger charge is -2.34. The maximum absolute atomic E-state index is 11.4. The predicted molar refractivity (Wildman–Crippen MR) is 82.8 cm³/mol. The van der Waals surface area contributed by atoms with E-state index in [0.29, 0.717) is 0 Å². The van der Waals surface area contributed by atoms with Gasteiger partial charge in [-0.15, -0.1) is 0 Å². The number of alkyl halides is 1. The standard InChI is InChI=1S/C8H4Br4O7S/c9-2-3(10)5(11)8(12,7(15)16)1(6(13)14)4(2)20(17,18)19/h1H,(H,13,14)(H,15,16)(H,17,18,19). The van der Waals surface area contributed by atoms with E-state index in [1.54, 1.807) is 0 Å². The number of halogens is 4. The van der Waals surface area contributed by atoms with Gasteiger partial charge in [-0.05, 0) is 31.9 Å². The Morgan fingerprint density at radius 3 is 1.85 bits per heavy atom. The molecule has 0 fully saturated rings. The van der Waals surface area contributed by atoms with Crippen molar-refractivity contribution < 1.29 is 32.8 Å². The first-order valence-electron chi connectivity index (χ1n) is 4.45. The SMILES string of the molecule is O=C(O)C1C(S(=O)(=O)O)=C(Br)C(Br)=C(Br)C1(Br)C(=O)O. The second-order valence-corrected chi connectivity index (χ2v) is 8.59. The molecule has 3 N–H and O–H groups in total. The van der Waals surface area contributed by atoms with Gasteiger partial charge in [-0.1, -0.05) is 31.9 Å². The molecule has 0 aliphatic heterocycles. The topological polar surface area (TPSA) is 129 Å². The average molecular weight is 564 g/mol. The molecular weight excluding hydrogens is 560 g/mol. The monoisotopic (exact) mass is 560 g/mol. The van der Waals surface area contributed by atoms with E-state index in [-0.39, 0.29) is 13.4 Å². The molecule has 2 unspecified atom stereocenters. The molecule has 2 atom stereocenters. The summed E-state index contributed by atoms with van der Waals surface area (Å²) in [7, 11) is -4.96. The summed E-state index contributed by atoms with van der Waals surface area (Å²) in [6.45, 7) is 0. The number of rotatable bonds is 3. The molecule has 0 radical (unpaired) electrons. The third-order valence-electron chi connectivity index (χ3n) is 2.42. The van der Waals surface area contributed by atoms with Gasteiger partial charge in [0.05, 0.1) is 4.48 Å². The van der Waals surface area contributed by atoms with E-state index in [1.807, 2.05) is 0 Å². The van der Waals surface area contributed by atoms with E-state index in [1.165, 1.54) is 0 Å². The van der Waals surface area contributed by atoms with Gasteiger partial charge in [-0.3, -0.25) is 14.1 Å². The molecule has 1 aliphatic carbocycles. The van der Waals surface area contributed by atoms with E-state index in [9.17, 15) is 32.8 Å². The number of carboxylic acid groups (broad SMARTS) is 2. The minimum Gasteiger partial charge on any atom is -0.481 e. The molecule has 0 aromatic rings. The number of hydrogen-bond acceptors (Lipinski definition) is 4. The summed E-state index contributed by atoms with van der Waals surface area (Å²) in [5.41, 5.74) is 0. The fraction of sp³-hybridized carbons (Fsp3) is 0.250. The van der Waals surface area contributed by atoms with E-state index >= 15 is 0 Å². The molecular formula is C8H4Br4O7S. The van der Waals surface area contributed by atoms with Crippen molar-refractivity contribution in [2.75, 3.05) is 0 Å². The molecule has 0 saturated carbocycles. The lowest BCUT2D eigenvalue weighted by molar-refractivity contribution is -0.148. The van der Waals surface area contributed by atoms with Gasteiger partial charge in [-0.25, -0.2) is 0 Å². The highest BCUT2D eigenvalue weighted by Crippen LogP contribution is 2.54. The van der Waals surface area contributed by atoms with Gasteiger partial charge in [0.1, 0.15) is 10.8 Å². The Morgan fingerprint density at radius 1 is 1.10 bits per heavy atom. The van der Waals surface area contributed by atoms with Crippen LogP contribution in [0.2, 0.25) is 0 Å². The van der Waals surface area contributed by atoms with Gasteiger partial charge >= 0.3 is 11.9 Å². The molecule has 1 aliphatic rings. The van der Waals surface area contributed by atoms with Gasteiger partial charge in [0.15, 0.2) is 4.32 Å². The van der Waals surface area contributed by atoms with Crippen molar-refractivity contribution in [2.24, 2.45) is 5.92 Å². The van der Waals surface area contributed by atoms with Gasteiger partial charge in [0.2, 0.25) is 0 Å². The Balaban J connectivity index is 3.90. The number of carboxylic acids is 2. The molecule has 7 nitrogen and oxygen atoms in total.